The molecular weight excluding hydrogens is 472 g/mol. The van der Waals surface area contributed by atoms with Gasteiger partial charge in [-0.1, -0.05) is 24.3 Å². The van der Waals surface area contributed by atoms with Crippen LogP contribution in [0.2, 0.25) is 0 Å². The number of aliphatic hydroxyl groups is 1. The quantitative estimate of drug-likeness (QED) is 0.343. The van der Waals surface area contributed by atoms with Crippen LogP contribution in [0.3, 0.4) is 0 Å². The van der Waals surface area contributed by atoms with Crippen molar-refractivity contribution >= 4 is 11.7 Å². The predicted molar refractivity (Wildman–Crippen MR) is 142 cm³/mol. The van der Waals surface area contributed by atoms with Gasteiger partial charge < -0.3 is 25.2 Å². The van der Waals surface area contributed by atoms with Crippen LogP contribution in [0, 0.1) is 0 Å². The number of methoxy groups -OCH3 is 2. The van der Waals surface area contributed by atoms with E-state index in [1.807, 2.05) is 6.07 Å². The first-order valence-electron chi connectivity index (χ1n) is 13.1. The van der Waals surface area contributed by atoms with Gasteiger partial charge in [-0.3, -0.25) is 14.6 Å². The molecule has 1 saturated carbocycles. The topological polar surface area (TPSA) is 112 Å². The molecule has 0 radical (unpaired) electrons. The molecule has 10 heteroatoms. The summed E-state index contributed by atoms with van der Waals surface area (Å²) >= 11 is 0. The predicted octanol–water partition coefficient (Wildman–Crippen LogP) is 1.16. The van der Waals surface area contributed by atoms with Crippen molar-refractivity contribution in [3.63, 3.8) is 0 Å². The number of benzene rings is 1. The van der Waals surface area contributed by atoms with E-state index in [1.165, 1.54) is 17.5 Å². The first-order valence-corrected chi connectivity index (χ1v) is 13.1. The van der Waals surface area contributed by atoms with E-state index < -0.39 is 6.10 Å². The summed E-state index contributed by atoms with van der Waals surface area (Å²) in [5, 5.41) is 16.7. The second kappa shape index (κ2) is 13.8. The molecule has 0 saturated heterocycles. The van der Waals surface area contributed by atoms with Crippen LogP contribution in [0.25, 0.3) is 0 Å². The standard InChI is InChI=1S/C27H40N6O4/c1-36-11-9-33(10-12-37-2)23-13-22(14-23)31-26-15-25(29-19-30-26)27(35)28-16-24(34)18-32-8-7-20-5-3-4-6-21(20)17-32/h3-6,15,19,22-24,34H,7-14,16-18H2,1-2H3,(H,28,35)(H,29,30,31)/t22-,23-,24-/m0/s1. The van der Waals surface area contributed by atoms with Gasteiger partial charge in [0.2, 0.25) is 0 Å². The molecule has 10 nitrogen and oxygen atoms in total. The van der Waals surface area contributed by atoms with Gasteiger partial charge in [-0.15, -0.1) is 0 Å². The number of anilines is 1. The Labute approximate surface area is 219 Å². The van der Waals surface area contributed by atoms with Crippen LogP contribution in [0.15, 0.2) is 36.7 Å². The van der Waals surface area contributed by atoms with Crippen molar-refractivity contribution in [3.05, 3.63) is 53.5 Å². The lowest BCUT2D eigenvalue weighted by molar-refractivity contribution is 0.0546. The highest BCUT2D eigenvalue weighted by Gasteiger charge is 2.33. The van der Waals surface area contributed by atoms with Gasteiger partial charge in [-0.2, -0.15) is 0 Å². The molecule has 37 heavy (non-hydrogen) atoms. The van der Waals surface area contributed by atoms with E-state index in [-0.39, 0.29) is 18.1 Å². The maximum atomic E-state index is 12.7. The average Bonchev–Trinajstić information content (AvgIpc) is 2.90. The van der Waals surface area contributed by atoms with Crippen molar-refractivity contribution < 1.29 is 19.4 Å². The lowest BCUT2D eigenvalue weighted by atomic mass is 9.85. The number of aliphatic hydroxyl groups excluding tert-OH is 1. The summed E-state index contributed by atoms with van der Waals surface area (Å²) in [4.78, 5) is 25.7. The number of nitrogens with one attached hydrogen (secondary N) is 2. The molecule has 2 aliphatic rings. The van der Waals surface area contributed by atoms with E-state index in [1.54, 1.807) is 20.3 Å². The highest BCUT2D eigenvalue weighted by molar-refractivity contribution is 5.92. The fraction of sp³-hybridized carbons (Fsp3) is 0.593. The monoisotopic (exact) mass is 512 g/mol. The summed E-state index contributed by atoms with van der Waals surface area (Å²) < 4.78 is 10.5. The zero-order valence-electron chi connectivity index (χ0n) is 21.9. The number of nitrogens with zero attached hydrogens (tertiary/aromatic N) is 4. The normalized spacial score (nSPS) is 20.2. The van der Waals surface area contributed by atoms with Crippen LogP contribution < -0.4 is 10.6 Å². The van der Waals surface area contributed by atoms with Crippen LogP contribution in [-0.2, 0) is 22.4 Å². The number of ether oxygens (including phenoxy) is 2. The van der Waals surface area contributed by atoms with Crippen LogP contribution in [0.4, 0.5) is 5.82 Å². The number of β-amino-alcohol motifs (C(OH)–C–C–N with tert-alkyl or cyclic N) is 1. The summed E-state index contributed by atoms with van der Waals surface area (Å²) in [5.41, 5.74) is 2.97. The van der Waals surface area contributed by atoms with Crippen LogP contribution in [0.1, 0.15) is 34.5 Å². The Balaban J connectivity index is 1.20. The molecule has 0 spiro atoms. The van der Waals surface area contributed by atoms with Gasteiger partial charge in [0.05, 0.1) is 19.3 Å². The van der Waals surface area contributed by atoms with Crippen molar-refractivity contribution in [1.82, 2.24) is 25.1 Å². The number of hydrogen-bond acceptors (Lipinski definition) is 9. The van der Waals surface area contributed by atoms with Gasteiger partial charge in [0.25, 0.3) is 5.91 Å². The second-order valence-electron chi connectivity index (χ2n) is 9.89. The third-order valence-electron chi connectivity index (χ3n) is 7.22. The van der Waals surface area contributed by atoms with E-state index in [2.05, 4.69) is 48.6 Å². The Morgan fingerprint density at radius 3 is 2.62 bits per heavy atom. The molecule has 1 aliphatic heterocycles. The van der Waals surface area contributed by atoms with Gasteiger partial charge in [-0.05, 0) is 30.4 Å². The Morgan fingerprint density at radius 1 is 1.16 bits per heavy atom. The molecular formula is C27H40N6O4. The molecule has 202 valence electrons. The van der Waals surface area contributed by atoms with Gasteiger partial charge in [0, 0.05) is 71.6 Å². The smallest absolute Gasteiger partial charge is 0.270 e. The largest absolute Gasteiger partial charge is 0.390 e. The van der Waals surface area contributed by atoms with Crippen molar-refractivity contribution in [2.45, 2.75) is 44.0 Å². The summed E-state index contributed by atoms with van der Waals surface area (Å²) in [6.07, 6.45) is 3.71. The average molecular weight is 513 g/mol. The second-order valence-corrected chi connectivity index (χ2v) is 9.89. The molecule has 1 fully saturated rings. The highest BCUT2D eigenvalue weighted by Crippen LogP contribution is 2.28. The lowest BCUT2D eigenvalue weighted by Crippen LogP contribution is -2.51. The Hall–Kier alpha value is -2.63. The highest BCUT2D eigenvalue weighted by atomic mass is 16.5. The number of aromatic nitrogens is 2. The number of fused-ring (bicyclic) bond motifs is 1. The fourth-order valence-electron chi connectivity index (χ4n) is 5.04. The summed E-state index contributed by atoms with van der Waals surface area (Å²) in [7, 11) is 3.44. The van der Waals surface area contributed by atoms with Crippen LogP contribution >= 0.6 is 0 Å². The SMILES string of the molecule is COCCN(CCOC)[C@H]1C[C@H](Nc2cc(C(=O)NC[C@H](O)CN3CCc4ccccc4C3)ncn2)C1. The van der Waals surface area contributed by atoms with E-state index in [0.717, 1.165) is 45.4 Å². The minimum Gasteiger partial charge on any atom is -0.390 e. The van der Waals surface area contributed by atoms with E-state index >= 15 is 0 Å². The summed E-state index contributed by atoms with van der Waals surface area (Å²) in [6, 6.07) is 10.9. The zero-order chi connectivity index (χ0) is 26.0. The van der Waals surface area contributed by atoms with Crippen molar-refractivity contribution in [2.24, 2.45) is 0 Å². The summed E-state index contributed by atoms with van der Waals surface area (Å²) in [6.45, 7) is 5.57. The molecule has 1 aliphatic carbocycles. The fourth-order valence-corrected chi connectivity index (χ4v) is 5.04. The molecule has 1 atom stereocenters. The number of hydrogen-bond donors (Lipinski definition) is 3. The van der Waals surface area contributed by atoms with Gasteiger partial charge in [0.15, 0.2) is 0 Å². The first-order chi connectivity index (χ1) is 18.1. The maximum Gasteiger partial charge on any atom is 0.270 e. The number of carbonyl (C=O) groups excluding carboxylic acids is 1. The first kappa shape index (κ1) is 27.4. The molecule has 0 unspecified atom stereocenters. The van der Waals surface area contributed by atoms with Crippen molar-refractivity contribution in [3.8, 4) is 0 Å². The Bertz CT molecular complexity index is 994. The third-order valence-corrected chi connectivity index (χ3v) is 7.22. The zero-order valence-corrected chi connectivity index (χ0v) is 21.9. The maximum absolute atomic E-state index is 12.7. The Kier molecular flexibility index (Phi) is 10.2. The minimum absolute atomic E-state index is 0.173. The number of carbonyl (C=O) groups is 1. The molecule has 1 aromatic carbocycles. The lowest BCUT2D eigenvalue weighted by Gasteiger charge is -2.43. The van der Waals surface area contributed by atoms with Gasteiger partial charge in [0.1, 0.15) is 17.8 Å². The van der Waals surface area contributed by atoms with E-state index in [9.17, 15) is 9.90 Å². The summed E-state index contributed by atoms with van der Waals surface area (Å²) in [5.74, 6) is 0.321. The van der Waals surface area contributed by atoms with Crippen LogP contribution in [-0.4, -0.2) is 109 Å². The molecule has 3 N–H and O–H groups in total. The van der Waals surface area contributed by atoms with Gasteiger partial charge in [-0.25, -0.2) is 9.97 Å². The molecule has 1 aromatic heterocycles. The third kappa shape index (κ3) is 7.93. The molecule has 4 rings (SSSR count). The van der Waals surface area contributed by atoms with E-state index in [4.69, 9.17) is 9.47 Å². The van der Waals surface area contributed by atoms with Gasteiger partial charge >= 0.3 is 0 Å². The number of rotatable bonds is 14. The molecule has 2 aromatic rings. The number of amides is 1. The minimum atomic E-state index is -0.653. The van der Waals surface area contributed by atoms with Crippen molar-refractivity contribution in [2.75, 3.05) is 65.5 Å². The Morgan fingerprint density at radius 2 is 1.89 bits per heavy atom. The van der Waals surface area contributed by atoms with Crippen LogP contribution in [0.5, 0.6) is 0 Å². The molecule has 1 amide bonds. The molecule has 2 heterocycles. The molecule has 0 bridgehead atoms. The van der Waals surface area contributed by atoms with Crippen molar-refractivity contribution in [1.29, 1.82) is 0 Å². The van der Waals surface area contributed by atoms with E-state index in [0.29, 0.717) is 37.7 Å².